The first-order chi connectivity index (χ1) is 10.5. The van der Waals surface area contributed by atoms with E-state index in [2.05, 4.69) is 5.32 Å². The number of rotatable bonds is 5. The first kappa shape index (κ1) is 17.1. The quantitative estimate of drug-likeness (QED) is 0.901. The van der Waals surface area contributed by atoms with Gasteiger partial charge in [0.25, 0.3) is 5.91 Å². The molecule has 0 spiro atoms. The van der Waals surface area contributed by atoms with Gasteiger partial charge in [0.2, 0.25) is 0 Å². The molecule has 0 saturated heterocycles. The number of carbonyl (C=O) groups is 1. The van der Waals surface area contributed by atoms with Gasteiger partial charge < -0.3 is 14.8 Å². The van der Waals surface area contributed by atoms with Crippen molar-refractivity contribution in [1.29, 1.82) is 0 Å². The SMILES string of the molecule is COC1CCC(NC(=O)C(C)Oc2ccc(Cl)cc2C)CC1. The monoisotopic (exact) mass is 325 g/mol. The predicted molar refractivity (Wildman–Crippen MR) is 87.5 cm³/mol. The number of hydrogen-bond acceptors (Lipinski definition) is 3. The summed E-state index contributed by atoms with van der Waals surface area (Å²) in [6, 6.07) is 5.61. The molecule has 2 rings (SSSR count). The van der Waals surface area contributed by atoms with Crippen molar-refractivity contribution >= 4 is 17.5 Å². The van der Waals surface area contributed by atoms with Crippen LogP contribution in [0.5, 0.6) is 5.75 Å². The molecule has 1 aliphatic rings. The second-order valence-electron chi connectivity index (χ2n) is 5.89. The van der Waals surface area contributed by atoms with Gasteiger partial charge in [-0.3, -0.25) is 4.79 Å². The van der Waals surface area contributed by atoms with Gasteiger partial charge in [0, 0.05) is 18.2 Å². The number of aryl methyl sites for hydroxylation is 1. The summed E-state index contributed by atoms with van der Waals surface area (Å²) < 4.78 is 11.1. The van der Waals surface area contributed by atoms with Crippen LogP contribution in [0.15, 0.2) is 18.2 Å². The van der Waals surface area contributed by atoms with Crippen LogP contribution in [0.1, 0.15) is 38.2 Å². The molecular formula is C17H24ClNO3. The molecule has 1 amide bonds. The third kappa shape index (κ3) is 4.62. The van der Waals surface area contributed by atoms with E-state index >= 15 is 0 Å². The molecule has 1 aromatic rings. The van der Waals surface area contributed by atoms with Gasteiger partial charge in [0.1, 0.15) is 5.75 Å². The molecule has 4 nitrogen and oxygen atoms in total. The van der Waals surface area contributed by atoms with Crippen molar-refractivity contribution in [3.63, 3.8) is 0 Å². The zero-order valence-corrected chi connectivity index (χ0v) is 14.2. The molecule has 1 aliphatic carbocycles. The van der Waals surface area contributed by atoms with Gasteiger partial charge in [-0.05, 0) is 63.3 Å². The van der Waals surface area contributed by atoms with Crippen LogP contribution >= 0.6 is 11.6 Å². The van der Waals surface area contributed by atoms with Gasteiger partial charge in [-0.15, -0.1) is 0 Å². The molecular weight excluding hydrogens is 302 g/mol. The van der Waals surface area contributed by atoms with Crippen LogP contribution in [0, 0.1) is 6.92 Å². The van der Waals surface area contributed by atoms with E-state index in [1.54, 1.807) is 26.2 Å². The normalized spacial score (nSPS) is 22.9. The molecule has 1 aromatic carbocycles. The minimum atomic E-state index is -0.528. The van der Waals surface area contributed by atoms with Gasteiger partial charge in [-0.25, -0.2) is 0 Å². The Labute approximate surface area is 137 Å². The van der Waals surface area contributed by atoms with Crippen molar-refractivity contribution in [1.82, 2.24) is 5.32 Å². The fourth-order valence-corrected chi connectivity index (χ4v) is 2.98. The Morgan fingerprint density at radius 3 is 2.59 bits per heavy atom. The Morgan fingerprint density at radius 1 is 1.32 bits per heavy atom. The van der Waals surface area contributed by atoms with E-state index in [9.17, 15) is 4.79 Å². The first-order valence-corrected chi connectivity index (χ1v) is 8.13. The Balaban J connectivity index is 1.84. The summed E-state index contributed by atoms with van der Waals surface area (Å²) in [5, 5.41) is 3.73. The lowest BCUT2D eigenvalue weighted by atomic mass is 9.93. The van der Waals surface area contributed by atoms with Crippen molar-refractivity contribution in [2.45, 2.75) is 57.8 Å². The summed E-state index contributed by atoms with van der Waals surface area (Å²) in [6.45, 7) is 3.68. The fourth-order valence-electron chi connectivity index (χ4n) is 2.75. The third-order valence-electron chi connectivity index (χ3n) is 4.16. The second-order valence-corrected chi connectivity index (χ2v) is 6.32. The molecule has 0 radical (unpaired) electrons. The number of benzene rings is 1. The van der Waals surface area contributed by atoms with Crippen molar-refractivity contribution in [3.8, 4) is 5.75 Å². The summed E-state index contributed by atoms with van der Waals surface area (Å²) in [5.41, 5.74) is 0.924. The van der Waals surface area contributed by atoms with Crippen LogP contribution in [-0.4, -0.2) is 31.3 Å². The number of carbonyl (C=O) groups excluding carboxylic acids is 1. The molecule has 122 valence electrons. The molecule has 0 aromatic heterocycles. The van der Waals surface area contributed by atoms with Crippen LogP contribution in [0.2, 0.25) is 5.02 Å². The van der Waals surface area contributed by atoms with E-state index in [1.807, 2.05) is 13.0 Å². The van der Waals surface area contributed by atoms with Crippen molar-refractivity contribution in [2.24, 2.45) is 0 Å². The number of nitrogens with one attached hydrogen (secondary N) is 1. The number of halogens is 1. The van der Waals surface area contributed by atoms with Crippen LogP contribution in [-0.2, 0) is 9.53 Å². The molecule has 5 heteroatoms. The van der Waals surface area contributed by atoms with E-state index in [0.717, 1.165) is 31.2 Å². The molecule has 1 saturated carbocycles. The molecule has 0 aliphatic heterocycles. The maximum Gasteiger partial charge on any atom is 0.260 e. The number of amides is 1. The average Bonchev–Trinajstić information content (AvgIpc) is 2.50. The summed E-state index contributed by atoms with van der Waals surface area (Å²) in [6.07, 6.45) is 3.70. The van der Waals surface area contributed by atoms with Crippen LogP contribution < -0.4 is 10.1 Å². The topological polar surface area (TPSA) is 47.6 Å². The zero-order valence-electron chi connectivity index (χ0n) is 13.4. The van der Waals surface area contributed by atoms with Crippen LogP contribution in [0.4, 0.5) is 0 Å². The molecule has 22 heavy (non-hydrogen) atoms. The van der Waals surface area contributed by atoms with Gasteiger partial charge in [-0.2, -0.15) is 0 Å². The third-order valence-corrected chi connectivity index (χ3v) is 4.40. The number of methoxy groups -OCH3 is 1. The Hall–Kier alpha value is -1.26. The van der Waals surface area contributed by atoms with E-state index in [4.69, 9.17) is 21.1 Å². The highest BCUT2D eigenvalue weighted by molar-refractivity contribution is 6.30. The summed E-state index contributed by atoms with van der Waals surface area (Å²) >= 11 is 5.92. The Kier molecular flexibility index (Phi) is 6.09. The van der Waals surface area contributed by atoms with E-state index < -0.39 is 6.10 Å². The number of ether oxygens (including phenoxy) is 2. The lowest BCUT2D eigenvalue weighted by Crippen LogP contribution is -2.44. The smallest absolute Gasteiger partial charge is 0.260 e. The summed E-state index contributed by atoms with van der Waals surface area (Å²) in [5.74, 6) is 0.616. The van der Waals surface area contributed by atoms with Gasteiger partial charge in [0.05, 0.1) is 6.10 Å². The summed E-state index contributed by atoms with van der Waals surface area (Å²) in [7, 11) is 1.74. The van der Waals surface area contributed by atoms with Crippen molar-refractivity contribution < 1.29 is 14.3 Å². The van der Waals surface area contributed by atoms with Crippen molar-refractivity contribution in [2.75, 3.05) is 7.11 Å². The van der Waals surface area contributed by atoms with Crippen molar-refractivity contribution in [3.05, 3.63) is 28.8 Å². The maximum absolute atomic E-state index is 12.3. The van der Waals surface area contributed by atoms with Gasteiger partial charge in [-0.1, -0.05) is 11.6 Å². The van der Waals surface area contributed by atoms with E-state index in [1.165, 1.54) is 0 Å². The second kappa shape index (κ2) is 7.84. The van der Waals surface area contributed by atoms with Gasteiger partial charge in [0.15, 0.2) is 6.10 Å². The van der Waals surface area contributed by atoms with Gasteiger partial charge >= 0.3 is 0 Å². The highest BCUT2D eigenvalue weighted by Gasteiger charge is 2.24. The predicted octanol–water partition coefficient (Wildman–Crippen LogP) is 3.49. The molecule has 0 bridgehead atoms. The number of hydrogen-bond donors (Lipinski definition) is 1. The molecule has 1 unspecified atom stereocenters. The summed E-state index contributed by atoms with van der Waals surface area (Å²) in [4.78, 5) is 12.3. The first-order valence-electron chi connectivity index (χ1n) is 7.75. The molecule has 1 fully saturated rings. The molecule has 1 atom stereocenters. The Bertz CT molecular complexity index is 513. The van der Waals surface area contributed by atoms with Crippen LogP contribution in [0.3, 0.4) is 0 Å². The molecule has 1 N–H and O–H groups in total. The lowest BCUT2D eigenvalue weighted by Gasteiger charge is -2.29. The standard InChI is InChI=1S/C17H24ClNO3/c1-11-10-13(18)4-9-16(11)22-12(2)17(20)19-14-5-7-15(21-3)8-6-14/h4,9-10,12,14-15H,5-8H2,1-3H3,(H,19,20). The largest absolute Gasteiger partial charge is 0.481 e. The zero-order chi connectivity index (χ0) is 16.1. The highest BCUT2D eigenvalue weighted by Crippen LogP contribution is 2.23. The van der Waals surface area contributed by atoms with E-state index in [0.29, 0.717) is 16.9 Å². The van der Waals surface area contributed by atoms with Crippen LogP contribution in [0.25, 0.3) is 0 Å². The maximum atomic E-state index is 12.3. The average molecular weight is 326 g/mol. The minimum Gasteiger partial charge on any atom is -0.481 e. The lowest BCUT2D eigenvalue weighted by molar-refractivity contribution is -0.128. The van der Waals surface area contributed by atoms with E-state index in [-0.39, 0.29) is 11.9 Å². The molecule has 0 heterocycles. The Morgan fingerprint density at radius 2 is 2.00 bits per heavy atom. The minimum absolute atomic E-state index is 0.0739. The fraction of sp³-hybridized carbons (Fsp3) is 0.588. The highest BCUT2D eigenvalue weighted by atomic mass is 35.5.